The van der Waals surface area contributed by atoms with E-state index in [9.17, 15) is 18.5 Å². The topological polar surface area (TPSA) is 116 Å². The van der Waals surface area contributed by atoms with Gasteiger partial charge in [0.2, 0.25) is 10.0 Å². The van der Waals surface area contributed by atoms with E-state index in [0.717, 1.165) is 6.07 Å². The molecule has 1 fully saturated rings. The van der Waals surface area contributed by atoms with E-state index in [2.05, 4.69) is 0 Å². The fourth-order valence-electron chi connectivity index (χ4n) is 2.47. The number of sulfonamides is 1. The lowest BCUT2D eigenvalue weighted by atomic mass is 10.2. The zero-order valence-corrected chi connectivity index (χ0v) is 12.5. The Morgan fingerprint density at radius 3 is 2.38 bits per heavy atom. The number of nitrogens with zero attached hydrogens (tertiary/aromatic N) is 2. The molecule has 21 heavy (non-hydrogen) atoms. The van der Waals surface area contributed by atoms with Crippen LogP contribution in [-0.2, 0) is 14.8 Å². The van der Waals surface area contributed by atoms with Crippen molar-refractivity contribution >= 4 is 21.4 Å². The van der Waals surface area contributed by atoms with Crippen molar-refractivity contribution in [3.05, 3.63) is 28.3 Å². The standard InChI is InChI=1S/C12H17N3O5S/c1-8-6-14(7-9(2)20-8)11-4-3-10(21(13,18)19)5-12(11)15(16)17/h3-5,8-9H,6-7H2,1-2H3,(H2,13,18,19)/t8-,9+. The molecule has 9 heteroatoms. The van der Waals surface area contributed by atoms with Crippen molar-refractivity contribution in [3.8, 4) is 0 Å². The maximum atomic E-state index is 11.3. The fourth-order valence-corrected chi connectivity index (χ4v) is 3.00. The molecule has 0 unspecified atom stereocenters. The molecule has 1 aromatic rings. The third-order valence-corrected chi connectivity index (χ3v) is 4.14. The molecule has 1 heterocycles. The van der Waals surface area contributed by atoms with E-state index in [4.69, 9.17) is 9.88 Å². The summed E-state index contributed by atoms with van der Waals surface area (Å²) in [6.45, 7) is 4.76. The summed E-state index contributed by atoms with van der Waals surface area (Å²) in [5.74, 6) is 0. The summed E-state index contributed by atoms with van der Waals surface area (Å²) in [5, 5.41) is 16.2. The van der Waals surface area contributed by atoms with Crippen LogP contribution in [0.25, 0.3) is 0 Å². The second-order valence-corrected chi connectivity index (χ2v) is 6.68. The van der Waals surface area contributed by atoms with Gasteiger partial charge in [0.05, 0.1) is 22.0 Å². The normalized spacial score (nSPS) is 23.1. The van der Waals surface area contributed by atoms with Crippen molar-refractivity contribution < 1.29 is 18.1 Å². The summed E-state index contributed by atoms with van der Waals surface area (Å²) in [4.78, 5) is 12.2. The summed E-state index contributed by atoms with van der Waals surface area (Å²) in [6.07, 6.45) is -0.127. The Morgan fingerprint density at radius 1 is 1.33 bits per heavy atom. The molecular formula is C12H17N3O5S. The number of morpholine rings is 1. The van der Waals surface area contributed by atoms with Crippen LogP contribution >= 0.6 is 0 Å². The van der Waals surface area contributed by atoms with Crippen molar-refractivity contribution in [2.45, 2.75) is 31.0 Å². The van der Waals surface area contributed by atoms with E-state index in [0.29, 0.717) is 18.8 Å². The van der Waals surface area contributed by atoms with E-state index >= 15 is 0 Å². The van der Waals surface area contributed by atoms with Crippen molar-refractivity contribution in [1.82, 2.24) is 0 Å². The summed E-state index contributed by atoms with van der Waals surface area (Å²) in [6, 6.07) is 3.70. The first-order valence-corrected chi connectivity index (χ1v) is 7.94. The molecule has 1 aliphatic heterocycles. The lowest BCUT2D eigenvalue weighted by Crippen LogP contribution is -2.45. The Morgan fingerprint density at radius 2 is 1.90 bits per heavy atom. The highest BCUT2D eigenvalue weighted by Crippen LogP contribution is 2.32. The molecule has 0 saturated carbocycles. The van der Waals surface area contributed by atoms with Gasteiger partial charge in [0, 0.05) is 19.2 Å². The van der Waals surface area contributed by atoms with Gasteiger partial charge in [-0.2, -0.15) is 0 Å². The van der Waals surface area contributed by atoms with Gasteiger partial charge in [-0.25, -0.2) is 13.6 Å². The lowest BCUT2D eigenvalue weighted by molar-refractivity contribution is -0.384. The molecule has 0 spiro atoms. The third-order valence-electron chi connectivity index (χ3n) is 3.23. The Kier molecular flexibility index (Phi) is 4.17. The van der Waals surface area contributed by atoms with Crippen LogP contribution in [-0.4, -0.2) is 38.6 Å². The van der Waals surface area contributed by atoms with Crippen LogP contribution in [0.2, 0.25) is 0 Å². The van der Waals surface area contributed by atoms with Crippen molar-refractivity contribution in [2.75, 3.05) is 18.0 Å². The van der Waals surface area contributed by atoms with Gasteiger partial charge in [0.15, 0.2) is 0 Å². The predicted octanol–water partition coefficient (Wildman–Crippen LogP) is 0.856. The van der Waals surface area contributed by atoms with E-state index in [1.807, 2.05) is 18.7 Å². The molecule has 0 bridgehead atoms. The fraction of sp³-hybridized carbons (Fsp3) is 0.500. The number of anilines is 1. The molecule has 0 aromatic heterocycles. The number of hydrogen-bond acceptors (Lipinski definition) is 6. The van der Waals surface area contributed by atoms with Crippen molar-refractivity contribution in [2.24, 2.45) is 5.14 Å². The first-order valence-electron chi connectivity index (χ1n) is 6.40. The highest BCUT2D eigenvalue weighted by Gasteiger charge is 2.28. The number of benzene rings is 1. The monoisotopic (exact) mass is 315 g/mol. The van der Waals surface area contributed by atoms with Gasteiger partial charge >= 0.3 is 0 Å². The molecule has 2 atom stereocenters. The number of ether oxygens (including phenoxy) is 1. The maximum Gasteiger partial charge on any atom is 0.293 e. The SMILES string of the molecule is C[C@@H]1CN(c2ccc(S(N)(=O)=O)cc2[N+](=O)[O-])C[C@H](C)O1. The quantitative estimate of drug-likeness (QED) is 0.653. The van der Waals surface area contributed by atoms with Crippen LogP contribution < -0.4 is 10.0 Å². The highest BCUT2D eigenvalue weighted by atomic mass is 32.2. The van der Waals surface area contributed by atoms with Gasteiger partial charge in [-0.3, -0.25) is 10.1 Å². The molecule has 1 aromatic carbocycles. The molecule has 0 radical (unpaired) electrons. The van der Waals surface area contributed by atoms with Gasteiger partial charge in [0.1, 0.15) is 5.69 Å². The minimum Gasteiger partial charge on any atom is -0.372 e. The largest absolute Gasteiger partial charge is 0.372 e. The molecule has 1 saturated heterocycles. The number of primary sulfonamides is 1. The van der Waals surface area contributed by atoms with Gasteiger partial charge in [-0.05, 0) is 26.0 Å². The van der Waals surface area contributed by atoms with Crippen LogP contribution in [0.4, 0.5) is 11.4 Å². The highest BCUT2D eigenvalue weighted by molar-refractivity contribution is 7.89. The number of nitro benzene ring substituents is 1. The number of nitrogens with two attached hydrogens (primary N) is 1. The predicted molar refractivity (Wildman–Crippen MR) is 76.7 cm³/mol. The van der Waals surface area contributed by atoms with Crippen molar-refractivity contribution in [3.63, 3.8) is 0 Å². The van der Waals surface area contributed by atoms with Crippen molar-refractivity contribution in [1.29, 1.82) is 0 Å². The van der Waals surface area contributed by atoms with E-state index in [-0.39, 0.29) is 22.8 Å². The van der Waals surface area contributed by atoms with Crippen LogP contribution in [0, 0.1) is 10.1 Å². The van der Waals surface area contributed by atoms with E-state index < -0.39 is 14.9 Å². The number of nitro groups is 1. The Balaban J connectivity index is 2.46. The third kappa shape index (κ3) is 3.49. The number of rotatable bonds is 3. The van der Waals surface area contributed by atoms with Gasteiger partial charge < -0.3 is 9.64 Å². The van der Waals surface area contributed by atoms with Crippen LogP contribution in [0.5, 0.6) is 0 Å². The Hall–Kier alpha value is -1.71. The van der Waals surface area contributed by atoms with Crippen LogP contribution in [0.1, 0.15) is 13.8 Å². The van der Waals surface area contributed by atoms with E-state index in [1.165, 1.54) is 12.1 Å². The Bertz CT molecular complexity index is 651. The van der Waals surface area contributed by atoms with Crippen LogP contribution in [0.3, 0.4) is 0 Å². The first kappa shape index (κ1) is 15.7. The van der Waals surface area contributed by atoms with Gasteiger partial charge in [-0.1, -0.05) is 0 Å². The average molecular weight is 315 g/mol. The Labute approximate surface area is 122 Å². The second-order valence-electron chi connectivity index (χ2n) is 5.11. The summed E-state index contributed by atoms with van der Waals surface area (Å²) in [5.41, 5.74) is 0.0947. The molecule has 0 amide bonds. The molecule has 116 valence electrons. The van der Waals surface area contributed by atoms with E-state index in [1.54, 1.807) is 0 Å². The smallest absolute Gasteiger partial charge is 0.293 e. The van der Waals surface area contributed by atoms with Gasteiger partial charge in [0.25, 0.3) is 5.69 Å². The van der Waals surface area contributed by atoms with Gasteiger partial charge in [-0.15, -0.1) is 0 Å². The molecule has 0 aliphatic carbocycles. The van der Waals surface area contributed by atoms with Crippen LogP contribution in [0.15, 0.2) is 23.1 Å². The summed E-state index contributed by atoms with van der Waals surface area (Å²) >= 11 is 0. The minimum atomic E-state index is -3.98. The summed E-state index contributed by atoms with van der Waals surface area (Å²) in [7, 11) is -3.98. The second kappa shape index (κ2) is 5.58. The molecule has 2 N–H and O–H groups in total. The molecule has 1 aliphatic rings. The first-order chi connectivity index (χ1) is 9.68. The summed E-state index contributed by atoms with van der Waals surface area (Å²) < 4.78 is 28.2. The molecular weight excluding hydrogens is 298 g/mol. The minimum absolute atomic E-state index is 0.0636. The number of hydrogen-bond donors (Lipinski definition) is 1. The molecule has 8 nitrogen and oxygen atoms in total. The lowest BCUT2D eigenvalue weighted by Gasteiger charge is -2.36. The zero-order chi connectivity index (χ0) is 15.8. The zero-order valence-electron chi connectivity index (χ0n) is 11.7. The maximum absolute atomic E-state index is 11.3. The average Bonchev–Trinajstić information content (AvgIpc) is 2.35. The molecule has 2 rings (SSSR count).